The maximum absolute atomic E-state index is 12.5. The van der Waals surface area contributed by atoms with Crippen LogP contribution in [-0.4, -0.2) is 40.8 Å². The van der Waals surface area contributed by atoms with Gasteiger partial charge < -0.3 is 14.4 Å². The van der Waals surface area contributed by atoms with Crippen LogP contribution in [-0.2, 0) is 11.3 Å². The van der Waals surface area contributed by atoms with Crippen LogP contribution >= 0.6 is 0 Å². The minimum absolute atomic E-state index is 0.0791. The number of rotatable bonds is 5. The molecule has 0 unspecified atom stereocenters. The largest absolute Gasteiger partial charge is 0.490 e. The predicted molar refractivity (Wildman–Crippen MR) is 111 cm³/mol. The molecule has 1 aliphatic rings. The molecule has 0 fully saturated rings. The van der Waals surface area contributed by atoms with E-state index in [-0.39, 0.29) is 5.91 Å². The molecule has 0 atom stereocenters. The molecule has 0 aliphatic carbocycles. The quantitative estimate of drug-likeness (QED) is 0.625. The van der Waals surface area contributed by atoms with Crippen molar-refractivity contribution >= 4 is 12.0 Å². The number of para-hydroxylation sites is 1. The van der Waals surface area contributed by atoms with Gasteiger partial charge >= 0.3 is 0 Å². The number of hydrogen-bond donors (Lipinski definition) is 0. The number of amides is 1. The fourth-order valence-electron chi connectivity index (χ4n) is 3.09. The molecule has 6 heteroatoms. The van der Waals surface area contributed by atoms with E-state index >= 15 is 0 Å². The van der Waals surface area contributed by atoms with Gasteiger partial charge in [-0.3, -0.25) is 4.79 Å². The lowest BCUT2D eigenvalue weighted by molar-refractivity contribution is -0.125. The second-order valence-electron chi connectivity index (χ2n) is 6.91. The third-order valence-corrected chi connectivity index (χ3v) is 4.64. The first-order chi connectivity index (χ1) is 14.2. The highest BCUT2D eigenvalue weighted by Gasteiger charge is 2.11. The Kier molecular flexibility index (Phi) is 5.61. The van der Waals surface area contributed by atoms with Crippen LogP contribution in [0.3, 0.4) is 0 Å². The highest BCUT2D eigenvalue weighted by molar-refractivity contribution is 5.91. The number of hydrogen-bond acceptors (Lipinski definition) is 4. The summed E-state index contributed by atoms with van der Waals surface area (Å²) in [4.78, 5) is 14.2. The van der Waals surface area contributed by atoms with Gasteiger partial charge in [-0.25, -0.2) is 4.68 Å². The number of carbonyl (C=O) groups is 1. The van der Waals surface area contributed by atoms with Crippen LogP contribution in [0.4, 0.5) is 0 Å². The molecule has 2 heterocycles. The Morgan fingerprint density at radius 2 is 1.93 bits per heavy atom. The molecule has 0 bridgehead atoms. The van der Waals surface area contributed by atoms with Crippen molar-refractivity contribution < 1.29 is 14.3 Å². The Labute approximate surface area is 170 Å². The van der Waals surface area contributed by atoms with Crippen molar-refractivity contribution in [2.24, 2.45) is 0 Å². The third-order valence-electron chi connectivity index (χ3n) is 4.64. The molecular formula is C23H23N3O3. The van der Waals surface area contributed by atoms with Gasteiger partial charge in [-0.15, -0.1) is 0 Å². The fraction of sp³-hybridized carbons (Fsp3) is 0.217. The molecule has 2 aromatic carbocycles. The second kappa shape index (κ2) is 8.65. The maximum Gasteiger partial charge on any atom is 0.246 e. The smallest absolute Gasteiger partial charge is 0.246 e. The van der Waals surface area contributed by atoms with Gasteiger partial charge in [-0.2, -0.15) is 5.10 Å². The molecule has 0 spiro atoms. The molecule has 1 aliphatic heterocycles. The molecule has 3 aromatic rings. The molecule has 148 valence electrons. The molecule has 0 N–H and O–H groups in total. The minimum atomic E-state index is -0.0791. The number of aromatic nitrogens is 2. The number of fused-ring (bicyclic) bond motifs is 1. The highest BCUT2D eigenvalue weighted by atomic mass is 16.5. The Hall–Kier alpha value is -3.54. The van der Waals surface area contributed by atoms with E-state index in [1.54, 1.807) is 35.0 Å². The summed E-state index contributed by atoms with van der Waals surface area (Å²) in [7, 11) is 1.78. The topological polar surface area (TPSA) is 56.6 Å². The number of nitrogens with zero attached hydrogens (tertiary/aromatic N) is 3. The van der Waals surface area contributed by atoms with Gasteiger partial charge in [0.25, 0.3) is 0 Å². The van der Waals surface area contributed by atoms with Crippen molar-refractivity contribution in [2.75, 3.05) is 20.3 Å². The first-order valence-corrected chi connectivity index (χ1v) is 9.61. The van der Waals surface area contributed by atoms with Crippen molar-refractivity contribution in [3.05, 3.63) is 78.1 Å². The van der Waals surface area contributed by atoms with Crippen molar-refractivity contribution in [3.63, 3.8) is 0 Å². The summed E-state index contributed by atoms with van der Waals surface area (Å²) in [6.07, 6.45) is 7.95. The molecule has 1 aromatic heterocycles. The van der Waals surface area contributed by atoms with Gasteiger partial charge in [0.15, 0.2) is 11.5 Å². The Balaban J connectivity index is 1.38. The summed E-state index contributed by atoms with van der Waals surface area (Å²) in [6, 6.07) is 15.6. The average Bonchev–Trinajstić information content (AvgIpc) is 3.09. The number of likely N-dealkylation sites (N-methyl/N-ethyl adjacent to an activating group) is 1. The first-order valence-electron chi connectivity index (χ1n) is 9.61. The van der Waals surface area contributed by atoms with Crippen LogP contribution in [0.15, 0.2) is 67.0 Å². The third kappa shape index (κ3) is 4.66. The van der Waals surface area contributed by atoms with Crippen molar-refractivity contribution in [3.8, 4) is 17.2 Å². The van der Waals surface area contributed by atoms with E-state index in [4.69, 9.17) is 9.47 Å². The van der Waals surface area contributed by atoms with Crippen molar-refractivity contribution in [1.82, 2.24) is 14.7 Å². The Bertz CT molecular complexity index is 1010. The van der Waals surface area contributed by atoms with Crippen LogP contribution < -0.4 is 9.47 Å². The normalized spacial score (nSPS) is 13.3. The molecule has 0 radical (unpaired) electrons. The van der Waals surface area contributed by atoms with Gasteiger partial charge in [0, 0.05) is 37.8 Å². The number of ether oxygens (including phenoxy) is 2. The summed E-state index contributed by atoms with van der Waals surface area (Å²) in [6.45, 7) is 1.78. The van der Waals surface area contributed by atoms with Crippen molar-refractivity contribution in [1.29, 1.82) is 0 Å². The number of benzene rings is 2. The van der Waals surface area contributed by atoms with Gasteiger partial charge in [-0.05, 0) is 35.9 Å². The van der Waals surface area contributed by atoms with Crippen molar-refractivity contribution in [2.45, 2.75) is 13.0 Å². The SMILES string of the molecule is CN(Cc1cnn(-c2ccccc2)c1)C(=O)/C=C/c1ccc2c(c1)OCCCO2. The number of carbonyl (C=O) groups excluding carboxylic acids is 1. The van der Waals surface area contributed by atoms with E-state index in [9.17, 15) is 4.79 Å². The summed E-state index contributed by atoms with van der Waals surface area (Å²) in [5, 5.41) is 4.38. The van der Waals surface area contributed by atoms with Gasteiger partial charge in [0.05, 0.1) is 25.1 Å². The highest BCUT2D eigenvalue weighted by Crippen LogP contribution is 2.30. The molecule has 6 nitrogen and oxygen atoms in total. The van der Waals surface area contributed by atoms with Gasteiger partial charge in [-0.1, -0.05) is 24.3 Å². The molecule has 1 amide bonds. The van der Waals surface area contributed by atoms with E-state index in [0.29, 0.717) is 19.8 Å². The summed E-state index contributed by atoms with van der Waals surface area (Å²) < 4.78 is 13.1. The first kappa shape index (κ1) is 18.8. The molecule has 0 saturated heterocycles. The molecular weight excluding hydrogens is 366 g/mol. The fourth-order valence-corrected chi connectivity index (χ4v) is 3.09. The summed E-state index contributed by atoms with van der Waals surface area (Å²) in [5.74, 6) is 1.39. The van der Waals surface area contributed by atoms with E-state index in [1.165, 1.54) is 0 Å². The van der Waals surface area contributed by atoms with Gasteiger partial charge in [0.1, 0.15) is 0 Å². The van der Waals surface area contributed by atoms with E-state index in [1.807, 2.05) is 54.7 Å². The standard InChI is InChI=1S/C23H23N3O3/c1-25(16-19-15-24-26(17-19)20-6-3-2-4-7-20)23(27)11-9-18-8-10-21-22(14-18)29-13-5-12-28-21/h2-4,6-11,14-15,17H,5,12-13,16H2,1H3/b11-9+. The van der Waals surface area contributed by atoms with E-state index in [0.717, 1.165) is 34.7 Å². The summed E-state index contributed by atoms with van der Waals surface area (Å²) in [5.41, 5.74) is 2.85. The zero-order valence-corrected chi connectivity index (χ0v) is 16.3. The van der Waals surface area contributed by atoms with Crippen LogP contribution in [0, 0.1) is 0 Å². The lowest BCUT2D eigenvalue weighted by Crippen LogP contribution is -2.23. The van der Waals surface area contributed by atoms with Crippen LogP contribution in [0.2, 0.25) is 0 Å². The zero-order valence-electron chi connectivity index (χ0n) is 16.3. The van der Waals surface area contributed by atoms with Crippen LogP contribution in [0.25, 0.3) is 11.8 Å². The van der Waals surface area contributed by atoms with Crippen LogP contribution in [0.5, 0.6) is 11.5 Å². The second-order valence-corrected chi connectivity index (χ2v) is 6.91. The lowest BCUT2D eigenvalue weighted by Gasteiger charge is -2.13. The molecule has 4 rings (SSSR count). The molecule has 0 saturated carbocycles. The average molecular weight is 389 g/mol. The maximum atomic E-state index is 12.5. The lowest BCUT2D eigenvalue weighted by atomic mass is 10.2. The zero-order chi connectivity index (χ0) is 20.1. The monoisotopic (exact) mass is 389 g/mol. The molecule has 29 heavy (non-hydrogen) atoms. The Morgan fingerprint density at radius 1 is 1.14 bits per heavy atom. The summed E-state index contributed by atoms with van der Waals surface area (Å²) >= 11 is 0. The van der Waals surface area contributed by atoms with Gasteiger partial charge in [0.2, 0.25) is 5.91 Å². The predicted octanol–water partition coefficient (Wildman–Crippen LogP) is 3.71. The van der Waals surface area contributed by atoms with E-state index < -0.39 is 0 Å². The Morgan fingerprint density at radius 3 is 2.76 bits per heavy atom. The van der Waals surface area contributed by atoms with E-state index in [2.05, 4.69) is 5.10 Å². The van der Waals surface area contributed by atoms with Crippen LogP contribution in [0.1, 0.15) is 17.5 Å². The minimum Gasteiger partial charge on any atom is -0.490 e.